The van der Waals surface area contributed by atoms with Crippen molar-refractivity contribution < 1.29 is 48.3 Å². The maximum Gasteiger partial charge on any atom is 0.294 e. The van der Waals surface area contributed by atoms with E-state index in [0.717, 1.165) is 11.1 Å². The van der Waals surface area contributed by atoms with Gasteiger partial charge in [-0.25, -0.2) is 0 Å². The molecule has 17 heteroatoms. The van der Waals surface area contributed by atoms with Crippen LogP contribution in [0.15, 0.2) is 36.4 Å². The summed E-state index contributed by atoms with van der Waals surface area (Å²) in [6.45, 7) is 4.97. The average molecular weight is 732 g/mol. The molecule has 0 aliphatic heterocycles. The summed E-state index contributed by atoms with van der Waals surface area (Å²) in [5.74, 6) is 1.20. The van der Waals surface area contributed by atoms with E-state index in [1.54, 1.807) is 26.4 Å². The Morgan fingerprint density at radius 3 is 2.17 bits per heavy atom. The molecule has 0 spiro atoms. The summed E-state index contributed by atoms with van der Waals surface area (Å²) in [5.41, 5.74) is 0.789. The molecule has 1 fully saturated rings. The molecule has 1 aliphatic rings. The molecule has 0 saturated heterocycles. The van der Waals surface area contributed by atoms with Crippen LogP contribution in [0.2, 0.25) is 0 Å². The number of nitrogens with one attached hydrogen (secondary N) is 1. The molecule has 0 heterocycles. The lowest BCUT2D eigenvalue weighted by Gasteiger charge is -2.40. The molecule has 5 atom stereocenters. The summed E-state index contributed by atoms with van der Waals surface area (Å²) in [5, 5.41) is 33.8. The molecular weight excluding hydrogens is 682 g/mol. The number of hydrogen-bond donors (Lipinski definition) is 1. The first-order chi connectivity index (χ1) is 24.8. The van der Waals surface area contributed by atoms with E-state index in [2.05, 4.69) is 16.3 Å². The SMILES string of the molecule is COCC(=O)NC1C(O[N+](=O)[O-])CCC(Oc2ccccc2CCN(C)CCCC(C#N)(c2cc(OC)c(OC)c(OC)c2)C(C)C)C1O[N+](=O)[O-]. The number of para-hydroxylation sites is 1. The highest BCUT2D eigenvalue weighted by molar-refractivity contribution is 5.77. The molecular formula is C35H49N5O12. The first kappa shape index (κ1) is 41.3. The number of ether oxygens (including phenoxy) is 5. The van der Waals surface area contributed by atoms with Crippen LogP contribution in [-0.2, 0) is 31.0 Å². The van der Waals surface area contributed by atoms with Crippen LogP contribution >= 0.6 is 0 Å². The van der Waals surface area contributed by atoms with Gasteiger partial charge in [-0.1, -0.05) is 32.0 Å². The number of methoxy groups -OCH3 is 4. The average Bonchev–Trinajstić information content (AvgIpc) is 3.11. The first-order valence-electron chi connectivity index (χ1n) is 16.9. The van der Waals surface area contributed by atoms with E-state index in [4.69, 9.17) is 33.4 Å². The molecule has 2 aromatic rings. The number of nitrogens with zero attached hydrogens (tertiary/aromatic N) is 4. The lowest BCUT2D eigenvalue weighted by atomic mass is 9.69. The lowest BCUT2D eigenvalue weighted by molar-refractivity contribution is -0.783. The fraction of sp³-hybridized carbons (Fsp3) is 0.600. The number of likely N-dealkylation sites (N-methyl/N-ethyl adjacent to an activating group) is 1. The lowest BCUT2D eigenvalue weighted by Crippen LogP contribution is -2.62. The van der Waals surface area contributed by atoms with Crippen LogP contribution in [0.4, 0.5) is 0 Å². The molecule has 286 valence electrons. The standard InChI is InChI=1S/C35H49N5O12/c1-23(2)35(22-36,25-19-29(47-5)33(49-7)30(20-25)48-6)16-10-17-38(3)18-15-24-11-8-9-12-26(24)50-28-14-13-27(51-39(42)43)32(34(28)52-40(44)45)37-31(41)21-46-4/h8-9,11-12,19-20,23,27-28,32,34H,10,13-18,21H2,1-7H3,(H,37,41). The van der Waals surface area contributed by atoms with Crippen molar-refractivity contribution in [2.45, 2.75) is 75.7 Å². The van der Waals surface area contributed by atoms with E-state index in [1.165, 1.54) is 14.2 Å². The van der Waals surface area contributed by atoms with Crippen LogP contribution in [0.1, 0.15) is 50.7 Å². The molecule has 0 radical (unpaired) electrons. The Bertz CT molecular complexity index is 1530. The second kappa shape index (κ2) is 19.5. The van der Waals surface area contributed by atoms with Crippen molar-refractivity contribution >= 4 is 5.91 Å². The van der Waals surface area contributed by atoms with Gasteiger partial charge in [-0.15, -0.1) is 20.2 Å². The van der Waals surface area contributed by atoms with Crippen LogP contribution < -0.4 is 24.3 Å². The van der Waals surface area contributed by atoms with Gasteiger partial charge < -0.3 is 43.6 Å². The summed E-state index contributed by atoms with van der Waals surface area (Å²) < 4.78 is 27.8. The summed E-state index contributed by atoms with van der Waals surface area (Å²) in [6, 6.07) is 12.2. The van der Waals surface area contributed by atoms with Crippen LogP contribution in [-0.4, -0.2) is 101 Å². The number of amides is 1. The van der Waals surface area contributed by atoms with Crippen molar-refractivity contribution in [1.82, 2.24) is 10.2 Å². The second-order valence-electron chi connectivity index (χ2n) is 12.8. The van der Waals surface area contributed by atoms with Crippen molar-refractivity contribution in [1.29, 1.82) is 5.26 Å². The van der Waals surface area contributed by atoms with Gasteiger partial charge in [0.25, 0.3) is 10.2 Å². The topological polar surface area (TPSA) is 207 Å². The Kier molecular flexibility index (Phi) is 15.5. The van der Waals surface area contributed by atoms with E-state index >= 15 is 0 Å². The maximum absolute atomic E-state index is 12.4. The molecule has 52 heavy (non-hydrogen) atoms. The third kappa shape index (κ3) is 10.5. The zero-order valence-electron chi connectivity index (χ0n) is 30.7. The molecule has 0 bridgehead atoms. The molecule has 17 nitrogen and oxygen atoms in total. The summed E-state index contributed by atoms with van der Waals surface area (Å²) >= 11 is 0. The normalized spacial score (nSPS) is 19.5. The predicted molar refractivity (Wildman–Crippen MR) is 186 cm³/mol. The van der Waals surface area contributed by atoms with Gasteiger partial charge in [-0.2, -0.15) is 5.26 Å². The molecule has 1 N–H and O–H groups in total. The van der Waals surface area contributed by atoms with Crippen molar-refractivity contribution in [3.8, 4) is 29.1 Å². The Morgan fingerprint density at radius 2 is 1.62 bits per heavy atom. The fourth-order valence-electron chi connectivity index (χ4n) is 6.63. The van der Waals surface area contributed by atoms with E-state index in [1.807, 2.05) is 45.2 Å². The Morgan fingerprint density at radius 1 is 0.981 bits per heavy atom. The minimum Gasteiger partial charge on any atom is -0.493 e. The predicted octanol–water partition coefficient (Wildman–Crippen LogP) is 3.91. The number of benzene rings is 2. The van der Waals surface area contributed by atoms with E-state index in [0.29, 0.717) is 55.4 Å². The Labute approximate surface area is 303 Å². The van der Waals surface area contributed by atoms with Gasteiger partial charge in [-0.05, 0) is 80.9 Å². The van der Waals surface area contributed by atoms with Crippen molar-refractivity contribution in [2.24, 2.45) is 5.92 Å². The fourth-order valence-corrected chi connectivity index (χ4v) is 6.63. The Hall–Kier alpha value is -5.08. The van der Waals surface area contributed by atoms with Crippen LogP contribution in [0.3, 0.4) is 0 Å². The third-order valence-electron chi connectivity index (χ3n) is 9.38. The van der Waals surface area contributed by atoms with Gasteiger partial charge in [0.2, 0.25) is 11.7 Å². The minimum absolute atomic E-state index is 0.0215. The molecule has 2 aromatic carbocycles. The van der Waals surface area contributed by atoms with E-state index < -0.39 is 45.8 Å². The zero-order chi connectivity index (χ0) is 38.4. The highest BCUT2D eigenvalue weighted by Gasteiger charge is 2.46. The van der Waals surface area contributed by atoms with Crippen molar-refractivity contribution in [3.05, 3.63) is 67.8 Å². The highest BCUT2D eigenvalue weighted by atomic mass is 17.0. The highest BCUT2D eigenvalue weighted by Crippen LogP contribution is 2.45. The summed E-state index contributed by atoms with van der Waals surface area (Å²) in [4.78, 5) is 47.0. The van der Waals surface area contributed by atoms with Gasteiger partial charge >= 0.3 is 0 Å². The number of nitriles is 1. The van der Waals surface area contributed by atoms with Gasteiger partial charge in [0, 0.05) is 13.7 Å². The largest absolute Gasteiger partial charge is 0.493 e. The van der Waals surface area contributed by atoms with Crippen LogP contribution in [0.25, 0.3) is 0 Å². The molecule has 5 unspecified atom stereocenters. The Balaban J connectivity index is 1.73. The molecule has 1 saturated carbocycles. The van der Waals surface area contributed by atoms with Gasteiger partial charge in [0.05, 0.1) is 38.9 Å². The van der Waals surface area contributed by atoms with Crippen LogP contribution in [0.5, 0.6) is 23.0 Å². The molecule has 1 aliphatic carbocycles. The number of hydrogen-bond acceptors (Lipinski definition) is 14. The first-order valence-corrected chi connectivity index (χ1v) is 16.9. The minimum atomic E-state index is -1.42. The number of carbonyl (C=O) groups excluding carboxylic acids is 1. The van der Waals surface area contributed by atoms with Crippen LogP contribution in [0, 0.1) is 37.5 Å². The summed E-state index contributed by atoms with van der Waals surface area (Å²) in [6.07, 6.45) is -1.57. The monoisotopic (exact) mass is 731 g/mol. The van der Waals surface area contributed by atoms with Gasteiger partial charge in [0.1, 0.15) is 24.6 Å². The van der Waals surface area contributed by atoms with Crippen molar-refractivity contribution in [3.63, 3.8) is 0 Å². The molecule has 0 aromatic heterocycles. The molecule has 3 rings (SSSR count). The maximum atomic E-state index is 12.4. The van der Waals surface area contributed by atoms with Gasteiger partial charge in [0.15, 0.2) is 17.6 Å². The van der Waals surface area contributed by atoms with Crippen molar-refractivity contribution in [2.75, 3.05) is 55.2 Å². The smallest absolute Gasteiger partial charge is 0.294 e. The summed E-state index contributed by atoms with van der Waals surface area (Å²) in [7, 11) is 7.89. The quantitative estimate of drug-likeness (QED) is 0.143. The number of rotatable bonds is 21. The van der Waals surface area contributed by atoms with E-state index in [-0.39, 0.29) is 25.4 Å². The second-order valence-corrected chi connectivity index (χ2v) is 12.8. The zero-order valence-corrected chi connectivity index (χ0v) is 30.7. The third-order valence-corrected chi connectivity index (χ3v) is 9.38. The number of carbonyl (C=O) groups is 1. The molecule has 1 amide bonds. The van der Waals surface area contributed by atoms with E-state index in [9.17, 15) is 30.3 Å². The van der Waals surface area contributed by atoms with Gasteiger partial charge in [-0.3, -0.25) is 4.79 Å².